The predicted molar refractivity (Wildman–Crippen MR) is 133 cm³/mol. The number of anilines is 1. The lowest BCUT2D eigenvalue weighted by Gasteiger charge is -2.49. The lowest BCUT2D eigenvalue weighted by atomic mass is 9.70. The van der Waals surface area contributed by atoms with E-state index >= 15 is 0 Å². The number of aliphatic imine (C=N–C) groups is 1. The number of hydrogen-bond donors (Lipinski definition) is 3. The number of sulfone groups is 1. The molecule has 8 nitrogen and oxygen atoms in total. The highest BCUT2D eigenvalue weighted by Crippen LogP contribution is 2.44. The Kier molecular flexibility index (Phi) is 8.39. The third-order valence-corrected chi connectivity index (χ3v) is 8.59. The van der Waals surface area contributed by atoms with Crippen molar-refractivity contribution in [1.29, 1.82) is 0 Å². The van der Waals surface area contributed by atoms with Gasteiger partial charge in [0.05, 0.1) is 16.4 Å². The molecule has 0 unspecified atom stereocenters. The van der Waals surface area contributed by atoms with Crippen molar-refractivity contribution in [2.24, 2.45) is 27.8 Å². The molecule has 1 aromatic rings. The lowest BCUT2D eigenvalue weighted by Crippen LogP contribution is -2.58. The molecule has 2 fully saturated rings. The number of primary amides is 1. The molecule has 0 aromatic heterocycles. The van der Waals surface area contributed by atoms with Gasteiger partial charge in [0.15, 0.2) is 9.84 Å². The van der Waals surface area contributed by atoms with Gasteiger partial charge in [-0.15, -0.1) is 0 Å². The Balaban J connectivity index is 1.71. The van der Waals surface area contributed by atoms with Crippen molar-refractivity contribution in [2.75, 3.05) is 31.2 Å². The normalized spacial score (nSPS) is 24.9. The second kappa shape index (κ2) is 10.8. The maximum absolute atomic E-state index is 12.9. The molecule has 5 N–H and O–H groups in total. The summed E-state index contributed by atoms with van der Waals surface area (Å²) in [7, 11) is -3.36. The number of alkyl halides is 3. The number of benzene rings is 1. The van der Waals surface area contributed by atoms with E-state index in [9.17, 15) is 26.4 Å². The highest BCUT2D eigenvalue weighted by Gasteiger charge is 2.49. The van der Waals surface area contributed by atoms with Crippen molar-refractivity contribution < 1.29 is 26.4 Å². The van der Waals surface area contributed by atoms with Crippen LogP contribution in [0.5, 0.6) is 0 Å². The molecule has 1 saturated heterocycles. The van der Waals surface area contributed by atoms with Gasteiger partial charge in [0, 0.05) is 43.8 Å². The number of hydrogen-bond acceptors (Lipinski definition) is 6. The number of nitrogens with two attached hydrogens (primary N) is 2. The number of likely N-dealkylation sites (tertiary alicyclic amines) is 1. The number of carbonyl (C=O) groups excluding carboxylic acids is 1. The average Bonchev–Trinajstić information content (AvgIpc) is 2.76. The van der Waals surface area contributed by atoms with Crippen molar-refractivity contribution in [3.8, 4) is 0 Å². The van der Waals surface area contributed by atoms with Gasteiger partial charge in [0.1, 0.15) is 5.84 Å². The Hall–Kier alpha value is -2.60. The number of amides is 1. The minimum atomic E-state index is -4.13. The van der Waals surface area contributed by atoms with Gasteiger partial charge in [-0.25, -0.2) is 8.42 Å². The van der Waals surface area contributed by atoms with Gasteiger partial charge >= 0.3 is 6.18 Å². The summed E-state index contributed by atoms with van der Waals surface area (Å²) in [5.74, 6) is -1.80. The van der Waals surface area contributed by atoms with Gasteiger partial charge in [-0.2, -0.15) is 13.2 Å². The molecule has 0 radical (unpaired) electrons. The van der Waals surface area contributed by atoms with Crippen LogP contribution in [0.4, 0.5) is 18.9 Å². The summed E-state index contributed by atoms with van der Waals surface area (Å²) >= 11 is 0. The van der Waals surface area contributed by atoms with Crippen LogP contribution >= 0.6 is 0 Å². The number of halogens is 3. The zero-order valence-electron chi connectivity index (χ0n) is 20.5. The summed E-state index contributed by atoms with van der Waals surface area (Å²) in [4.78, 5) is 18.7. The van der Waals surface area contributed by atoms with E-state index in [0.29, 0.717) is 12.2 Å². The Labute approximate surface area is 209 Å². The molecule has 0 spiro atoms. The molecule has 1 aliphatic heterocycles. The van der Waals surface area contributed by atoms with Gasteiger partial charge in [-0.05, 0) is 61.8 Å². The largest absolute Gasteiger partial charge is 0.404 e. The predicted octanol–water partition coefficient (Wildman–Crippen LogP) is 3.06. The molecule has 36 heavy (non-hydrogen) atoms. The summed E-state index contributed by atoms with van der Waals surface area (Å²) in [6.45, 7) is 2.58. The molecule has 1 aliphatic carbocycles. The summed E-state index contributed by atoms with van der Waals surface area (Å²) in [5.41, 5.74) is 11.5. The highest BCUT2D eigenvalue weighted by atomic mass is 32.2. The third-order valence-electron chi connectivity index (χ3n) is 7.46. The van der Waals surface area contributed by atoms with Gasteiger partial charge in [-0.1, -0.05) is 6.92 Å². The van der Waals surface area contributed by atoms with Gasteiger partial charge < -0.3 is 16.8 Å². The topological polar surface area (TPSA) is 131 Å². The lowest BCUT2D eigenvalue weighted by molar-refractivity contribution is -0.215. The Bertz CT molecular complexity index is 1100. The first-order chi connectivity index (χ1) is 16.8. The fraction of sp³-hybridized carbons (Fsp3) is 0.583. The van der Waals surface area contributed by atoms with Crippen LogP contribution < -0.4 is 16.8 Å². The number of rotatable bonds is 8. The van der Waals surface area contributed by atoms with E-state index in [1.807, 2.05) is 4.90 Å². The molecule has 0 atom stereocenters. The van der Waals surface area contributed by atoms with E-state index in [1.54, 1.807) is 12.1 Å². The monoisotopic (exact) mass is 529 g/mol. The molecule has 1 heterocycles. The van der Waals surface area contributed by atoms with Crippen LogP contribution in [0, 0.1) is 11.3 Å². The molecular formula is C24H34F3N5O3S. The minimum Gasteiger partial charge on any atom is -0.404 e. The van der Waals surface area contributed by atoms with Crippen molar-refractivity contribution in [3.63, 3.8) is 0 Å². The Morgan fingerprint density at radius 2 is 1.81 bits per heavy atom. The van der Waals surface area contributed by atoms with Crippen molar-refractivity contribution >= 4 is 27.3 Å². The average molecular weight is 530 g/mol. The smallest absolute Gasteiger partial charge is 0.394 e. The van der Waals surface area contributed by atoms with E-state index in [0.717, 1.165) is 44.6 Å². The summed E-state index contributed by atoms with van der Waals surface area (Å²) < 4.78 is 62.0. The molecule has 12 heteroatoms. The summed E-state index contributed by atoms with van der Waals surface area (Å²) in [6.07, 6.45) is 2.08. The second-order valence-corrected chi connectivity index (χ2v) is 11.8. The quantitative estimate of drug-likeness (QED) is 0.270. The Morgan fingerprint density at radius 3 is 2.25 bits per heavy atom. The van der Waals surface area contributed by atoms with Crippen molar-refractivity contribution in [2.45, 2.75) is 56.1 Å². The third kappa shape index (κ3) is 6.58. The van der Waals surface area contributed by atoms with Crippen LogP contribution in [0.25, 0.3) is 0 Å². The number of amidine groups is 1. The van der Waals surface area contributed by atoms with E-state index in [4.69, 9.17) is 11.5 Å². The molecule has 1 aromatic carbocycles. The SMILES string of the molecule is CCC1(CN=C(Nc2ccc(S(C)(=O)=O)cc2)/C(=C\N)C(N)=O)CCC(N2CC(C(F)(F)F)C2)CC1. The first kappa shape index (κ1) is 28.0. The van der Waals surface area contributed by atoms with Crippen molar-refractivity contribution in [3.05, 3.63) is 36.0 Å². The molecular weight excluding hydrogens is 495 g/mol. The first-order valence-corrected chi connectivity index (χ1v) is 13.8. The van der Waals surface area contributed by atoms with E-state index in [-0.39, 0.29) is 40.9 Å². The molecule has 200 valence electrons. The van der Waals surface area contributed by atoms with Crippen LogP contribution in [0.3, 0.4) is 0 Å². The number of nitrogens with zero attached hydrogens (tertiary/aromatic N) is 2. The zero-order valence-corrected chi connectivity index (χ0v) is 21.3. The number of carbonyl (C=O) groups is 1. The van der Waals surface area contributed by atoms with Crippen LogP contribution in [-0.4, -0.2) is 63.2 Å². The maximum Gasteiger partial charge on any atom is 0.394 e. The summed E-state index contributed by atoms with van der Waals surface area (Å²) in [6, 6.07) is 6.15. The molecule has 1 amide bonds. The summed E-state index contributed by atoms with van der Waals surface area (Å²) in [5, 5.41) is 3.03. The molecule has 3 rings (SSSR count). The first-order valence-electron chi connectivity index (χ1n) is 11.9. The molecule has 2 aliphatic rings. The van der Waals surface area contributed by atoms with Crippen LogP contribution in [0.1, 0.15) is 39.0 Å². The fourth-order valence-electron chi connectivity index (χ4n) is 4.86. The minimum absolute atomic E-state index is 0.000834. The maximum atomic E-state index is 12.9. The van der Waals surface area contributed by atoms with E-state index in [1.165, 1.54) is 12.1 Å². The second-order valence-electron chi connectivity index (χ2n) is 9.81. The molecule has 0 bridgehead atoms. The fourth-order valence-corrected chi connectivity index (χ4v) is 5.49. The number of nitrogens with one attached hydrogen (secondary N) is 1. The highest BCUT2D eigenvalue weighted by molar-refractivity contribution is 7.90. The van der Waals surface area contributed by atoms with Crippen molar-refractivity contribution in [1.82, 2.24) is 4.90 Å². The Morgan fingerprint density at radius 1 is 1.22 bits per heavy atom. The van der Waals surface area contributed by atoms with Crippen LogP contribution in [-0.2, 0) is 14.6 Å². The standard InChI is InChI=1S/C24H34F3N5O3S/c1-3-23(10-8-18(9-11-23)32-13-16(14-32)24(25,26)27)15-30-22(20(12-28)21(29)33)31-17-4-6-19(7-5-17)36(2,34)35/h4-7,12,16,18H,3,8-11,13-15,28H2,1-2H3,(H2,29,33)(H,30,31)/b20-12-. The van der Waals surface area contributed by atoms with Gasteiger partial charge in [-0.3, -0.25) is 14.7 Å². The zero-order chi connectivity index (χ0) is 26.7. The van der Waals surface area contributed by atoms with Crippen LogP contribution in [0.15, 0.2) is 45.9 Å². The van der Waals surface area contributed by atoms with Gasteiger partial charge in [0.2, 0.25) is 0 Å². The molecule has 1 saturated carbocycles. The van der Waals surface area contributed by atoms with Crippen LogP contribution in [0.2, 0.25) is 0 Å². The van der Waals surface area contributed by atoms with E-state index < -0.39 is 27.8 Å². The van der Waals surface area contributed by atoms with Gasteiger partial charge in [0.25, 0.3) is 5.91 Å². The van der Waals surface area contributed by atoms with E-state index in [2.05, 4.69) is 17.2 Å².